The molecule has 21 heavy (non-hydrogen) atoms. The van der Waals surface area contributed by atoms with Gasteiger partial charge in [0.1, 0.15) is 5.82 Å². The Morgan fingerprint density at radius 1 is 1.05 bits per heavy atom. The fraction of sp³-hybridized carbons (Fsp3) is 0.235. The lowest BCUT2D eigenvalue weighted by molar-refractivity contribution is -0.114. The van der Waals surface area contributed by atoms with Crippen LogP contribution in [-0.2, 0) is 4.79 Å². The third kappa shape index (κ3) is 4.31. The Kier molecular flexibility index (Phi) is 4.93. The number of amides is 1. The molecule has 0 fully saturated rings. The molecule has 1 amide bonds. The van der Waals surface area contributed by atoms with Gasteiger partial charge in [-0.05, 0) is 48.4 Å². The predicted molar refractivity (Wildman–Crippen MR) is 83.8 cm³/mol. The minimum Gasteiger partial charge on any atom is -0.378 e. The maximum atomic E-state index is 13.0. The van der Waals surface area contributed by atoms with Crippen molar-refractivity contribution in [3.05, 3.63) is 59.9 Å². The van der Waals surface area contributed by atoms with Crippen LogP contribution in [0.1, 0.15) is 31.9 Å². The fourth-order valence-corrected chi connectivity index (χ4v) is 2.17. The maximum absolute atomic E-state index is 13.0. The molecule has 0 heterocycles. The first-order valence-corrected chi connectivity index (χ1v) is 6.98. The van der Waals surface area contributed by atoms with Crippen LogP contribution < -0.4 is 10.6 Å². The first-order chi connectivity index (χ1) is 10.1. The molecule has 2 rings (SSSR count). The van der Waals surface area contributed by atoms with E-state index in [9.17, 15) is 9.18 Å². The first-order valence-electron chi connectivity index (χ1n) is 6.98. The highest BCUT2D eigenvalue weighted by molar-refractivity contribution is 5.88. The SMILES string of the molecule is CCC(Nc1ccc(NC(C)=O)cc1)c1ccc(F)cc1. The van der Waals surface area contributed by atoms with Crippen LogP contribution in [0.15, 0.2) is 48.5 Å². The summed E-state index contributed by atoms with van der Waals surface area (Å²) >= 11 is 0. The van der Waals surface area contributed by atoms with Gasteiger partial charge in [0.15, 0.2) is 0 Å². The number of benzene rings is 2. The summed E-state index contributed by atoms with van der Waals surface area (Å²) in [5, 5.41) is 6.14. The molecular formula is C17H19FN2O. The Bertz CT molecular complexity index is 593. The van der Waals surface area contributed by atoms with Gasteiger partial charge in [0.25, 0.3) is 0 Å². The molecule has 0 aliphatic rings. The normalized spacial score (nSPS) is 11.8. The molecule has 0 aromatic heterocycles. The van der Waals surface area contributed by atoms with E-state index >= 15 is 0 Å². The van der Waals surface area contributed by atoms with E-state index in [0.717, 1.165) is 23.4 Å². The Balaban J connectivity index is 2.07. The summed E-state index contributed by atoms with van der Waals surface area (Å²) in [6.45, 7) is 3.56. The van der Waals surface area contributed by atoms with E-state index in [-0.39, 0.29) is 17.8 Å². The van der Waals surface area contributed by atoms with Gasteiger partial charge in [-0.3, -0.25) is 4.79 Å². The molecule has 1 atom stereocenters. The van der Waals surface area contributed by atoms with Crippen LogP contribution in [0.2, 0.25) is 0 Å². The Hall–Kier alpha value is -2.36. The molecule has 0 radical (unpaired) electrons. The topological polar surface area (TPSA) is 41.1 Å². The van der Waals surface area contributed by atoms with Crippen LogP contribution in [-0.4, -0.2) is 5.91 Å². The summed E-state index contributed by atoms with van der Waals surface area (Å²) in [7, 11) is 0. The van der Waals surface area contributed by atoms with Gasteiger partial charge in [0.05, 0.1) is 6.04 Å². The van der Waals surface area contributed by atoms with Gasteiger partial charge in [-0.25, -0.2) is 4.39 Å². The lowest BCUT2D eigenvalue weighted by Gasteiger charge is -2.19. The zero-order chi connectivity index (χ0) is 15.2. The second-order valence-corrected chi connectivity index (χ2v) is 4.92. The molecule has 2 aromatic carbocycles. The molecule has 4 heteroatoms. The van der Waals surface area contributed by atoms with E-state index in [1.165, 1.54) is 19.1 Å². The van der Waals surface area contributed by atoms with Crippen molar-refractivity contribution >= 4 is 17.3 Å². The number of nitrogens with one attached hydrogen (secondary N) is 2. The number of halogens is 1. The van der Waals surface area contributed by atoms with Crippen molar-refractivity contribution in [2.24, 2.45) is 0 Å². The molecule has 110 valence electrons. The average molecular weight is 286 g/mol. The quantitative estimate of drug-likeness (QED) is 0.858. The molecule has 3 nitrogen and oxygen atoms in total. The highest BCUT2D eigenvalue weighted by Crippen LogP contribution is 2.23. The summed E-state index contributed by atoms with van der Waals surface area (Å²) < 4.78 is 13.0. The van der Waals surface area contributed by atoms with Crippen LogP contribution in [0.4, 0.5) is 15.8 Å². The molecule has 0 saturated heterocycles. The first kappa shape index (κ1) is 15.0. The number of hydrogen-bond acceptors (Lipinski definition) is 2. The van der Waals surface area contributed by atoms with E-state index in [2.05, 4.69) is 17.6 Å². The fourth-order valence-electron chi connectivity index (χ4n) is 2.17. The lowest BCUT2D eigenvalue weighted by atomic mass is 10.0. The van der Waals surface area contributed by atoms with Crippen molar-refractivity contribution in [3.8, 4) is 0 Å². The van der Waals surface area contributed by atoms with Gasteiger partial charge in [-0.2, -0.15) is 0 Å². The van der Waals surface area contributed by atoms with Crippen LogP contribution in [0, 0.1) is 5.82 Å². The van der Waals surface area contributed by atoms with Gasteiger partial charge >= 0.3 is 0 Å². The van der Waals surface area contributed by atoms with Crippen molar-refractivity contribution in [3.63, 3.8) is 0 Å². The van der Waals surface area contributed by atoms with E-state index in [0.29, 0.717) is 0 Å². The smallest absolute Gasteiger partial charge is 0.221 e. The molecular weight excluding hydrogens is 267 g/mol. The summed E-state index contributed by atoms with van der Waals surface area (Å²) in [6.07, 6.45) is 0.888. The van der Waals surface area contributed by atoms with Crippen molar-refractivity contribution in [2.75, 3.05) is 10.6 Å². The molecule has 2 aromatic rings. The van der Waals surface area contributed by atoms with Gasteiger partial charge in [-0.15, -0.1) is 0 Å². The van der Waals surface area contributed by atoms with Gasteiger partial charge < -0.3 is 10.6 Å². The molecule has 1 unspecified atom stereocenters. The Labute approximate surface area is 124 Å². The standard InChI is InChI=1S/C17H19FN2O/c1-3-17(13-4-6-14(18)7-5-13)20-16-10-8-15(9-11-16)19-12(2)21/h4-11,17,20H,3H2,1-2H3,(H,19,21). The maximum Gasteiger partial charge on any atom is 0.221 e. The Morgan fingerprint density at radius 3 is 2.14 bits per heavy atom. The van der Waals surface area contributed by atoms with E-state index in [4.69, 9.17) is 0 Å². The molecule has 0 spiro atoms. The number of carbonyl (C=O) groups is 1. The van der Waals surface area contributed by atoms with E-state index in [1.807, 2.05) is 24.3 Å². The van der Waals surface area contributed by atoms with Crippen LogP contribution >= 0.6 is 0 Å². The average Bonchev–Trinajstić information content (AvgIpc) is 2.47. The van der Waals surface area contributed by atoms with Crippen molar-refractivity contribution in [1.29, 1.82) is 0 Å². The van der Waals surface area contributed by atoms with Crippen LogP contribution in [0.3, 0.4) is 0 Å². The summed E-state index contributed by atoms with van der Waals surface area (Å²) in [6, 6.07) is 14.2. The molecule has 0 aliphatic carbocycles. The number of hydrogen-bond donors (Lipinski definition) is 2. The van der Waals surface area contributed by atoms with Gasteiger partial charge in [0.2, 0.25) is 5.91 Å². The number of anilines is 2. The second kappa shape index (κ2) is 6.88. The van der Waals surface area contributed by atoms with Crippen molar-refractivity contribution in [1.82, 2.24) is 0 Å². The van der Waals surface area contributed by atoms with E-state index < -0.39 is 0 Å². The molecule has 2 N–H and O–H groups in total. The second-order valence-electron chi connectivity index (χ2n) is 4.92. The summed E-state index contributed by atoms with van der Waals surface area (Å²) in [5.41, 5.74) is 2.77. The molecule has 0 saturated carbocycles. The highest BCUT2D eigenvalue weighted by atomic mass is 19.1. The largest absolute Gasteiger partial charge is 0.378 e. The Morgan fingerprint density at radius 2 is 1.62 bits per heavy atom. The number of rotatable bonds is 5. The lowest BCUT2D eigenvalue weighted by Crippen LogP contribution is -2.10. The number of carbonyl (C=O) groups excluding carboxylic acids is 1. The van der Waals surface area contributed by atoms with Gasteiger partial charge in [-0.1, -0.05) is 19.1 Å². The highest BCUT2D eigenvalue weighted by Gasteiger charge is 2.09. The van der Waals surface area contributed by atoms with Crippen molar-refractivity contribution < 1.29 is 9.18 Å². The third-order valence-electron chi connectivity index (χ3n) is 3.23. The van der Waals surface area contributed by atoms with E-state index in [1.54, 1.807) is 12.1 Å². The van der Waals surface area contributed by atoms with Crippen LogP contribution in [0.25, 0.3) is 0 Å². The predicted octanol–water partition coefficient (Wildman–Crippen LogP) is 4.35. The summed E-state index contributed by atoms with van der Waals surface area (Å²) in [5.74, 6) is -0.318. The minimum atomic E-state index is -0.228. The minimum absolute atomic E-state index is 0.0894. The van der Waals surface area contributed by atoms with Crippen LogP contribution in [0.5, 0.6) is 0 Å². The molecule has 0 aliphatic heterocycles. The summed E-state index contributed by atoms with van der Waals surface area (Å²) in [4.78, 5) is 11.0. The zero-order valence-corrected chi connectivity index (χ0v) is 12.2. The zero-order valence-electron chi connectivity index (χ0n) is 12.2. The molecule has 0 bridgehead atoms. The van der Waals surface area contributed by atoms with Gasteiger partial charge in [0, 0.05) is 18.3 Å². The third-order valence-corrected chi connectivity index (χ3v) is 3.23. The van der Waals surface area contributed by atoms with Crippen molar-refractivity contribution in [2.45, 2.75) is 26.3 Å². The monoisotopic (exact) mass is 286 g/mol.